The fourth-order valence-electron chi connectivity index (χ4n) is 3.46. The van der Waals surface area contributed by atoms with Crippen molar-refractivity contribution in [1.82, 2.24) is 5.32 Å². The summed E-state index contributed by atoms with van der Waals surface area (Å²) in [6, 6.07) is 8.68. The van der Waals surface area contributed by atoms with Crippen molar-refractivity contribution in [1.29, 1.82) is 0 Å². The Morgan fingerprint density at radius 1 is 1.00 bits per heavy atom. The molecule has 0 aliphatic rings. The first-order chi connectivity index (χ1) is 14.9. The van der Waals surface area contributed by atoms with E-state index in [1.54, 1.807) is 31.6 Å². The van der Waals surface area contributed by atoms with Crippen LogP contribution in [0.25, 0.3) is 11.0 Å². The molecule has 0 fully saturated rings. The lowest BCUT2D eigenvalue weighted by Gasteiger charge is -2.19. The van der Waals surface area contributed by atoms with Crippen LogP contribution >= 0.6 is 0 Å². The minimum Gasteiger partial charge on any atom is -0.493 e. The fourth-order valence-corrected chi connectivity index (χ4v) is 3.46. The van der Waals surface area contributed by atoms with Gasteiger partial charge in [0.2, 0.25) is 5.91 Å². The van der Waals surface area contributed by atoms with Crippen molar-refractivity contribution < 1.29 is 28.2 Å². The van der Waals surface area contributed by atoms with Gasteiger partial charge in [-0.2, -0.15) is 0 Å². The number of methoxy groups -OCH3 is 3. The summed E-state index contributed by atoms with van der Waals surface area (Å²) in [5.74, 6) is 0.408. The van der Waals surface area contributed by atoms with Crippen LogP contribution in [0.1, 0.15) is 34.7 Å². The van der Waals surface area contributed by atoms with Crippen LogP contribution in [0.5, 0.6) is 11.5 Å². The summed E-state index contributed by atoms with van der Waals surface area (Å²) in [7, 11) is 4.39. The monoisotopic (exact) mass is 425 g/mol. The van der Waals surface area contributed by atoms with Gasteiger partial charge in [0.15, 0.2) is 11.5 Å². The number of fused-ring (bicyclic) bond motifs is 1. The number of ether oxygens (including phenoxy) is 3. The molecule has 0 aliphatic carbocycles. The lowest BCUT2D eigenvalue weighted by atomic mass is 10.0. The van der Waals surface area contributed by atoms with Gasteiger partial charge in [-0.1, -0.05) is 6.07 Å². The van der Waals surface area contributed by atoms with E-state index in [1.807, 2.05) is 26.0 Å². The Kier molecular flexibility index (Phi) is 6.84. The Bertz CT molecular complexity index is 1100. The number of rotatable bonds is 8. The predicted octanol–water partition coefficient (Wildman–Crippen LogP) is 4.03. The van der Waals surface area contributed by atoms with Crippen molar-refractivity contribution >= 4 is 22.8 Å². The maximum atomic E-state index is 12.9. The molecule has 1 atom stereocenters. The molecule has 164 valence electrons. The molecule has 7 heteroatoms. The number of benzene rings is 2. The average Bonchev–Trinajstić information content (AvgIpc) is 3.13. The zero-order valence-electron chi connectivity index (χ0n) is 18.4. The Morgan fingerprint density at radius 3 is 2.39 bits per heavy atom. The van der Waals surface area contributed by atoms with E-state index in [2.05, 4.69) is 5.32 Å². The van der Waals surface area contributed by atoms with Gasteiger partial charge in [-0.05, 0) is 54.8 Å². The van der Waals surface area contributed by atoms with Crippen LogP contribution in [0.2, 0.25) is 0 Å². The number of hydrogen-bond acceptors (Lipinski definition) is 6. The first-order valence-corrected chi connectivity index (χ1v) is 9.91. The highest BCUT2D eigenvalue weighted by molar-refractivity contribution is 5.88. The molecule has 3 rings (SSSR count). The van der Waals surface area contributed by atoms with Crippen LogP contribution in [0.3, 0.4) is 0 Å². The first kappa shape index (κ1) is 22.2. The lowest BCUT2D eigenvalue weighted by Crippen LogP contribution is -2.31. The maximum absolute atomic E-state index is 12.9. The van der Waals surface area contributed by atoms with Crippen molar-refractivity contribution in [2.75, 3.05) is 21.3 Å². The van der Waals surface area contributed by atoms with Crippen molar-refractivity contribution in [3.8, 4) is 11.5 Å². The van der Waals surface area contributed by atoms with Crippen LogP contribution < -0.4 is 14.8 Å². The summed E-state index contributed by atoms with van der Waals surface area (Å²) in [6.07, 6.45) is 1.72. The second kappa shape index (κ2) is 9.55. The largest absolute Gasteiger partial charge is 0.493 e. The zero-order valence-corrected chi connectivity index (χ0v) is 18.4. The summed E-state index contributed by atoms with van der Waals surface area (Å²) < 4.78 is 21.1. The van der Waals surface area contributed by atoms with E-state index in [-0.39, 0.29) is 18.7 Å². The molecule has 1 aromatic heterocycles. The van der Waals surface area contributed by atoms with Crippen LogP contribution in [-0.4, -0.2) is 33.2 Å². The minimum absolute atomic E-state index is 0.0117. The van der Waals surface area contributed by atoms with Crippen molar-refractivity contribution in [3.63, 3.8) is 0 Å². The highest BCUT2D eigenvalue weighted by Crippen LogP contribution is 2.31. The predicted molar refractivity (Wildman–Crippen MR) is 116 cm³/mol. The third-order valence-electron chi connectivity index (χ3n) is 5.36. The van der Waals surface area contributed by atoms with Crippen LogP contribution in [-0.2, 0) is 20.7 Å². The summed E-state index contributed by atoms with van der Waals surface area (Å²) in [6.45, 7) is 4.04. The number of hydrogen-bond donors (Lipinski definition) is 1. The fraction of sp³-hybridized carbons (Fsp3) is 0.333. The van der Waals surface area contributed by atoms with E-state index in [0.717, 1.165) is 27.7 Å². The number of furan rings is 1. The third-order valence-corrected chi connectivity index (χ3v) is 5.36. The number of esters is 1. The SMILES string of the molecule is COC(=O)CC(NC(=O)Cc1coc2cc(C)c(C)cc12)c1ccc(OC)c(OC)c1. The molecule has 2 aromatic carbocycles. The van der Waals surface area contributed by atoms with Crippen molar-refractivity contribution in [2.24, 2.45) is 0 Å². The van der Waals surface area contributed by atoms with Gasteiger partial charge in [0.05, 0.1) is 46.5 Å². The zero-order chi connectivity index (χ0) is 22.5. The van der Waals surface area contributed by atoms with Crippen LogP contribution in [0.15, 0.2) is 41.0 Å². The first-order valence-electron chi connectivity index (χ1n) is 9.91. The molecule has 7 nitrogen and oxygen atoms in total. The number of aryl methyl sites for hydroxylation is 2. The topological polar surface area (TPSA) is 87.0 Å². The molecule has 1 unspecified atom stereocenters. The highest BCUT2D eigenvalue weighted by atomic mass is 16.5. The normalized spacial score (nSPS) is 11.8. The quantitative estimate of drug-likeness (QED) is 0.549. The summed E-state index contributed by atoms with van der Waals surface area (Å²) >= 11 is 0. The second-order valence-corrected chi connectivity index (χ2v) is 7.39. The molecule has 1 N–H and O–H groups in total. The Balaban J connectivity index is 1.84. The summed E-state index contributed by atoms with van der Waals surface area (Å²) in [4.78, 5) is 24.8. The van der Waals surface area contributed by atoms with Crippen molar-refractivity contribution in [2.45, 2.75) is 32.7 Å². The highest BCUT2D eigenvalue weighted by Gasteiger charge is 2.22. The summed E-state index contributed by atoms with van der Waals surface area (Å²) in [5, 5.41) is 3.85. The molecular formula is C24H27NO6. The molecule has 0 aliphatic heterocycles. The second-order valence-electron chi connectivity index (χ2n) is 7.39. The van der Waals surface area contributed by atoms with Gasteiger partial charge in [0.25, 0.3) is 0 Å². The molecule has 3 aromatic rings. The molecular weight excluding hydrogens is 398 g/mol. The molecule has 0 radical (unpaired) electrons. The number of amides is 1. The Morgan fingerprint density at radius 2 is 1.71 bits per heavy atom. The van der Waals surface area contributed by atoms with Gasteiger partial charge < -0.3 is 23.9 Å². The number of carbonyl (C=O) groups is 2. The Labute approximate surface area is 181 Å². The molecule has 0 spiro atoms. The van der Waals surface area contributed by atoms with Crippen LogP contribution in [0.4, 0.5) is 0 Å². The minimum atomic E-state index is -0.582. The van der Waals surface area contributed by atoms with Crippen molar-refractivity contribution in [3.05, 3.63) is 58.8 Å². The van der Waals surface area contributed by atoms with E-state index >= 15 is 0 Å². The molecule has 31 heavy (non-hydrogen) atoms. The van der Waals surface area contributed by atoms with Gasteiger partial charge in [0, 0.05) is 10.9 Å². The van der Waals surface area contributed by atoms with Gasteiger partial charge >= 0.3 is 5.97 Å². The average molecular weight is 425 g/mol. The molecule has 0 bridgehead atoms. The molecule has 0 saturated heterocycles. The summed E-state index contributed by atoms with van der Waals surface area (Å²) in [5.41, 5.74) is 4.51. The van der Waals surface area contributed by atoms with E-state index in [9.17, 15) is 9.59 Å². The van der Waals surface area contributed by atoms with Gasteiger partial charge in [-0.25, -0.2) is 0 Å². The Hall–Kier alpha value is -3.48. The number of nitrogens with one attached hydrogen (secondary N) is 1. The van der Waals surface area contributed by atoms with Gasteiger partial charge in [-0.3, -0.25) is 9.59 Å². The smallest absolute Gasteiger partial charge is 0.307 e. The maximum Gasteiger partial charge on any atom is 0.307 e. The van der Waals surface area contributed by atoms with Crippen LogP contribution in [0, 0.1) is 13.8 Å². The molecule has 1 heterocycles. The van der Waals surface area contributed by atoms with E-state index in [1.165, 1.54) is 14.2 Å². The number of carbonyl (C=O) groups excluding carboxylic acids is 2. The molecule has 1 amide bonds. The van der Waals surface area contributed by atoms with E-state index < -0.39 is 12.0 Å². The standard InChI is InChI=1S/C24H27NO6/c1-14-8-18-17(13-31-21(18)9-15(14)2)11-23(26)25-19(12-24(27)30-5)16-6-7-20(28-3)22(10-16)29-4/h6-10,13,19H,11-12H2,1-5H3,(H,25,26). The van der Waals surface area contributed by atoms with Gasteiger partial charge in [-0.15, -0.1) is 0 Å². The van der Waals surface area contributed by atoms with E-state index in [4.69, 9.17) is 18.6 Å². The van der Waals surface area contributed by atoms with E-state index in [0.29, 0.717) is 17.1 Å². The van der Waals surface area contributed by atoms with Gasteiger partial charge in [0.1, 0.15) is 5.58 Å². The molecule has 0 saturated carbocycles. The third kappa shape index (κ3) is 4.99. The lowest BCUT2D eigenvalue weighted by molar-refractivity contribution is -0.141.